The Bertz CT molecular complexity index is 842. The molecule has 0 atom stereocenters. The number of amides is 3. The Balaban J connectivity index is 1.63. The van der Waals surface area contributed by atoms with Gasteiger partial charge in [0.1, 0.15) is 0 Å². The number of halogens is 2. The predicted octanol–water partition coefficient (Wildman–Crippen LogP) is 3.25. The van der Waals surface area contributed by atoms with Crippen LogP contribution in [0.2, 0.25) is 0 Å². The molecule has 1 aliphatic heterocycles. The zero-order valence-corrected chi connectivity index (χ0v) is 16.5. The molecule has 0 spiro atoms. The highest BCUT2D eigenvalue weighted by Gasteiger charge is 2.35. The van der Waals surface area contributed by atoms with Crippen LogP contribution in [0.5, 0.6) is 11.5 Å². The van der Waals surface area contributed by atoms with Crippen molar-refractivity contribution in [3.63, 3.8) is 0 Å². The molecule has 156 valence electrons. The topological polar surface area (TPSA) is 84.9 Å². The van der Waals surface area contributed by atoms with Crippen LogP contribution >= 0.6 is 11.8 Å². The summed E-state index contributed by atoms with van der Waals surface area (Å²) in [6, 6.07) is 4.22. The normalized spacial score (nSPS) is 18.3. The van der Waals surface area contributed by atoms with Crippen LogP contribution in [0.1, 0.15) is 24.8 Å². The Morgan fingerprint density at radius 3 is 2.72 bits per heavy atom. The minimum absolute atomic E-state index is 0.0387. The maximum Gasteiger partial charge on any atom is 0.387 e. The van der Waals surface area contributed by atoms with Gasteiger partial charge in [-0.15, -0.1) is 0 Å². The van der Waals surface area contributed by atoms with E-state index in [9.17, 15) is 23.2 Å². The van der Waals surface area contributed by atoms with Crippen LogP contribution in [0.15, 0.2) is 23.1 Å². The van der Waals surface area contributed by atoms with Gasteiger partial charge in [0.2, 0.25) is 5.91 Å². The van der Waals surface area contributed by atoms with Crippen molar-refractivity contribution in [1.29, 1.82) is 0 Å². The molecule has 2 aliphatic rings. The molecule has 1 saturated carbocycles. The standard InChI is InChI=1S/C19H20F2N2O5S/c1-27-14-9-11(5-6-13(14)28-18(20)21)10-15-17(25)23(19(26)29-15)8-7-22-16(24)12-3-2-4-12/h5-6,9-10,12,18H,2-4,7-8H2,1H3,(H,22,24). The zero-order valence-electron chi connectivity index (χ0n) is 15.7. The van der Waals surface area contributed by atoms with Gasteiger partial charge in [0, 0.05) is 19.0 Å². The predicted molar refractivity (Wildman–Crippen MR) is 103 cm³/mol. The molecule has 0 unspecified atom stereocenters. The maximum absolute atomic E-state index is 12.5. The lowest BCUT2D eigenvalue weighted by atomic mass is 9.85. The first-order chi connectivity index (χ1) is 13.9. The molecule has 1 aromatic rings. The molecule has 0 radical (unpaired) electrons. The number of methoxy groups -OCH3 is 1. The zero-order chi connectivity index (χ0) is 21.0. The number of imide groups is 1. The second-order valence-corrected chi connectivity index (χ2v) is 7.53. The van der Waals surface area contributed by atoms with E-state index in [0.29, 0.717) is 5.56 Å². The number of benzene rings is 1. The van der Waals surface area contributed by atoms with Crippen LogP contribution in [0.25, 0.3) is 6.08 Å². The second kappa shape index (κ2) is 9.25. The van der Waals surface area contributed by atoms with Crippen molar-refractivity contribution in [3.8, 4) is 11.5 Å². The number of nitrogens with one attached hydrogen (secondary N) is 1. The number of hydrogen-bond donors (Lipinski definition) is 1. The summed E-state index contributed by atoms with van der Waals surface area (Å²) in [5.41, 5.74) is 0.493. The monoisotopic (exact) mass is 426 g/mol. The van der Waals surface area contributed by atoms with E-state index in [-0.39, 0.29) is 41.3 Å². The van der Waals surface area contributed by atoms with Crippen LogP contribution in [-0.4, -0.2) is 48.8 Å². The maximum atomic E-state index is 12.5. The third-order valence-corrected chi connectivity index (χ3v) is 5.59. The number of alkyl halides is 2. The minimum Gasteiger partial charge on any atom is -0.493 e. The van der Waals surface area contributed by atoms with Crippen molar-refractivity contribution < 1.29 is 32.6 Å². The Morgan fingerprint density at radius 1 is 1.34 bits per heavy atom. The van der Waals surface area contributed by atoms with Gasteiger partial charge in [-0.2, -0.15) is 8.78 Å². The molecule has 2 fully saturated rings. The average Bonchev–Trinajstić information content (AvgIpc) is 2.88. The Labute approximate surface area is 170 Å². The summed E-state index contributed by atoms with van der Waals surface area (Å²) in [6.45, 7) is -2.70. The van der Waals surface area contributed by atoms with Crippen LogP contribution in [0.4, 0.5) is 13.6 Å². The average molecular weight is 426 g/mol. The van der Waals surface area contributed by atoms with E-state index in [0.717, 1.165) is 35.9 Å². The van der Waals surface area contributed by atoms with Crippen molar-refractivity contribution in [2.75, 3.05) is 20.2 Å². The van der Waals surface area contributed by atoms with Crippen LogP contribution < -0.4 is 14.8 Å². The summed E-state index contributed by atoms with van der Waals surface area (Å²) in [4.78, 5) is 37.8. The highest BCUT2D eigenvalue weighted by molar-refractivity contribution is 8.18. The molecule has 1 aliphatic carbocycles. The molecule has 3 amide bonds. The van der Waals surface area contributed by atoms with Gasteiger partial charge in [0.15, 0.2) is 11.5 Å². The number of rotatable bonds is 8. The van der Waals surface area contributed by atoms with Crippen LogP contribution in [0.3, 0.4) is 0 Å². The quantitative estimate of drug-likeness (QED) is 0.643. The summed E-state index contributed by atoms with van der Waals surface area (Å²) in [6.07, 6.45) is 4.28. The number of carbonyl (C=O) groups is 3. The molecular formula is C19H20F2N2O5S. The van der Waals surface area contributed by atoms with Gasteiger partial charge in [-0.3, -0.25) is 19.3 Å². The highest BCUT2D eigenvalue weighted by atomic mass is 32.2. The van der Waals surface area contributed by atoms with Crippen molar-refractivity contribution in [1.82, 2.24) is 10.2 Å². The summed E-state index contributed by atoms with van der Waals surface area (Å²) in [5.74, 6) is -0.523. The van der Waals surface area contributed by atoms with Gasteiger partial charge in [-0.1, -0.05) is 12.5 Å². The molecule has 29 heavy (non-hydrogen) atoms. The number of carbonyl (C=O) groups excluding carboxylic acids is 3. The molecule has 10 heteroatoms. The number of ether oxygens (including phenoxy) is 2. The fraction of sp³-hybridized carbons (Fsp3) is 0.421. The fourth-order valence-electron chi connectivity index (χ4n) is 2.92. The van der Waals surface area contributed by atoms with Crippen molar-refractivity contribution >= 4 is 34.9 Å². The van der Waals surface area contributed by atoms with Crippen molar-refractivity contribution in [3.05, 3.63) is 28.7 Å². The van der Waals surface area contributed by atoms with Gasteiger partial charge < -0.3 is 14.8 Å². The second-order valence-electron chi connectivity index (χ2n) is 6.54. The molecule has 0 aromatic heterocycles. The van der Waals surface area contributed by atoms with E-state index in [1.54, 1.807) is 0 Å². The summed E-state index contributed by atoms with van der Waals surface area (Å²) in [7, 11) is 1.31. The molecule has 1 aromatic carbocycles. The third-order valence-electron chi connectivity index (χ3n) is 4.69. The Morgan fingerprint density at radius 2 is 2.10 bits per heavy atom. The van der Waals surface area contributed by atoms with E-state index in [4.69, 9.17) is 4.74 Å². The van der Waals surface area contributed by atoms with Gasteiger partial charge in [-0.25, -0.2) is 0 Å². The lowest BCUT2D eigenvalue weighted by Gasteiger charge is -2.24. The largest absolute Gasteiger partial charge is 0.493 e. The van der Waals surface area contributed by atoms with Crippen molar-refractivity contribution in [2.45, 2.75) is 25.9 Å². The summed E-state index contributed by atoms with van der Waals surface area (Å²) < 4.78 is 34.2. The lowest BCUT2D eigenvalue weighted by molar-refractivity contribution is -0.128. The van der Waals surface area contributed by atoms with E-state index in [2.05, 4.69) is 10.1 Å². The summed E-state index contributed by atoms with van der Waals surface area (Å²) in [5, 5.41) is 2.32. The Hall–Kier alpha value is -2.62. The van der Waals surface area contributed by atoms with Gasteiger partial charge in [-0.05, 0) is 48.4 Å². The minimum atomic E-state index is -2.99. The van der Waals surface area contributed by atoms with Gasteiger partial charge in [0.25, 0.3) is 11.1 Å². The number of hydrogen-bond acceptors (Lipinski definition) is 6. The lowest BCUT2D eigenvalue weighted by Crippen LogP contribution is -2.40. The van der Waals surface area contributed by atoms with E-state index < -0.39 is 17.8 Å². The molecule has 1 heterocycles. The first kappa shape index (κ1) is 21.1. The van der Waals surface area contributed by atoms with Gasteiger partial charge in [0.05, 0.1) is 12.0 Å². The third kappa shape index (κ3) is 5.06. The summed E-state index contributed by atoms with van der Waals surface area (Å²) >= 11 is 0.780. The van der Waals surface area contributed by atoms with E-state index in [1.165, 1.54) is 31.4 Å². The van der Waals surface area contributed by atoms with Gasteiger partial charge >= 0.3 is 6.61 Å². The smallest absolute Gasteiger partial charge is 0.387 e. The van der Waals surface area contributed by atoms with Crippen LogP contribution in [-0.2, 0) is 9.59 Å². The highest BCUT2D eigenvalue weighted by Crippen LogP contribution is 2.35. The molecule has 3 rings (SSSR count). The SMILES string of the molecule is COc1cc(C=C2SC(=O)N(CCNC(=O)C3CCC3)C2=O)ccc1OC(F)F. The fourth-order valence-corrected chi connectivity index (χ4v) is 3.78. The van der Waals surface area contributed by atoms with E-state index >= 15 is 0 Å². The molecule has 7 nitrogen and oxygen atoms in total. The number of nitrogens with zero attached hydrogens (tertiary/aromatic N) is 1. The first-order valence-corrected chi connectivity index (χ1v) is 9.86. The first-order valence-electron chi connectivity index (χ1n) is 9.05. The molecular weight excluding hydrogens is 406 g/mol. The number of thioether (sulfide) groups is 1. The Kier molecular flexibility index (Phi) is 6.73. The molecule has 1 N–H and O–H groups in total. The molecule has 0 bridgehead atoms. The van der Waals surface area contributed by atoms with E-state index in [1.807, 2.05) is 0 Å². The van der Waals surface area contributed by atoms with Crippen molar-refractivity contribution in [2.24, 2.45) is 5.92 Å². The molecule has 1 saturated heterocycles. The van der Waals surface area contributed by atoms with Crippen LogP contribution in [0, 0.1) is 5.92 Å².